The molecule has 1 amide bonds. The molecule has 0 radical (unpaired) electrons. The Hall–Kier alpha value is -2.80. The van der Waals surface area contributed by atoms with Gasteiger partial charge in [-0.15, -0.1) is 10.2 Å². The van der Waals surface area contributed by atoms with Crippen molar-refractivity contribution in [1.29, 1.82) is 0 Å². The van der Waals surface area contributed by atoms with E-state index in [2.05, 4.69) is 44.8 Å². The molecule has 5 rings (SSSR count). The van der Waals surface area contributed by atoms with E-state index in [1.54, 1.807) is 5.06 Å². The van der Waals surface area contributed by atoms with Crippen LogP contribution in [0, 0.1) is 32.6 Å². The molecular formula is C25H31N5O2. The molecule has 2 aliphatic rings. The van der Waals surface area contributed by atoms with Gasteiger partial charge in [0.15, 0.2) is 5.65 Å². The van der Waals surface area contributed by atoms with Crippen LogP contribution in [0.1, 0.15) is 66.4 Å². The lowest BCUT2D eigenvalue weighted by atomic mass is 9.79. The number of carbonyl (C=O) groups excluding carboxylic acids is 1. The molecule has 1 aliphatic carbocycles. The lowest BCUT2D eigenvalue weighted by Gasteiger charge is -2.32. The van der Waals surface area contributed by atoms with Crippen LogP contribution in [-0.2, 0) is 16.1 Å². The molecule has 4 heterocycles. The summed E-state index contributed by atoms with van der Waals surface area (Å²) in [6.45, 7) is 6.64. The fourth-order valence-corrected chi connectivity index (χ4v) is 5.24. The van der Waals surface area contributed by atoms with Crippen LogP contribution in [0.2, 0.25) is 0 Å². The highest BCUT2D eigenvalue weighted by atomic mass is 16.7. The lowest BCUT2D eigenvalue weighted by Crippen LogP contribution is -2.36. The number of amides is 1. The molecule has 0 spiro atoms. The summed E-state index contributed by atoms with van der Waals surface area (Å²) in [5, 5.41) is 10.1. The smallest absolute Gasteiger partial charge is 0.249 e. The Balaban J connectivity index is 1.21. The van der Waals surface area contributed by atoms with Crippen molar-refractivity contribution >= 4 is 11.6 Å². The Kier molecular flexibility index (Phi) is 5.67. The Bertz CT molecular complexity index is 1120. The van der Waals surface area contributed by atoms with Gasteiger partial charge in [-0.25, -0.2) is 5.06 Å². The number of fused-ring (bicyclic) bond motifs is 1. The molecule has 1 saturated carbocycles. The number of aromatic nitrogens is 4. The predicted molar refractivity (Wildman–Crippen MR) is 121 cm³/mol. The van der Waals surface area contributed by atoms with Crippen LogP contribution in [0.3, 0.4) is 0 Å². The zero-order valence-corrected chi connectivity index (χ0v) is 19.1. The highest BCUT2D eigenvalue weighted by Crippen LogP contribution is 2.37. The fraction of sp³-hybridized carbons (Fsp3) is 0.520. The summed E-state index contributed by atoms with van der Waals surface area (Å²) >= 11 is 0. The third-order valence-electron chi connectivity index (χ3n) is 7.08. The maximum Gasteiger partial charge on any atom is 0.249 e. The van der Waals surface area contributed by atoms with Crippen molar-refractivity contribution in [3.05, 3.63) is 58.8 Å². The van der Waals surface area contributed by atoms with Crippen LogP contribution in [-0.4, -0.2) is 37.2 Å². The van der Waals surface area contributed by atoms with E-state index in [1.165, 1.54) is 5.56 Å². The molecule has 7 nitrogen and oxygen atoms in total. The van der Waals surface area contributed by atoms with E-state index in [9.17, 15) is 4.79 Å². The summed E-state index contributed by atoms with van der Waals surface area (Å²) in [6.07, 6.45) is 9.90. The summed E-state index contributed by atoms with van der Waals surface area (Å²) < 4.78 is 2.09. The second kappa shape index (κ2) is 8.62. The van der Waals surface area contributed by atoms with Crippen LogP contribution in [0.5, 0.6) is 0 Å². The van der Waals surface area contributed by atoms with Crippen LogP contribution in [0.15, 0.2) is 30.6 Å². The number of carbonyl (C=O) groups is 1. The predicted octanol–water partition coefficient (Wildman–Crippen LogP) is 4.30. The molecule has 0 bridgehead atoms. The minimum atomic E-state index is -0.0185. The van der Waals surface area contributed by atoms with Crippen molar-refractivity contribution in [2.45, 2.75) is 65.3 Å². The Morgan fingerprint density at radius 1 is 1.09 bits per heavy atom. The van der Waals surface area contributed by atoms with Gasteiger partial charge in [0.05, 0.1) is 12.6 Å². The summed E-state index contributed by atoms with van der Waals surface area (Å²) in [5.74, 6) is 1.71. The number of hydrogen-bond donors (Lipinski definition) is 0. The molecule has 7 heteroatoms. The second-order valence-electron chi connectivity index (χ2n) is 9.43. The minimum Gasteiger partial charge on any atom is -0.286 e. The molecule has 2 fully saturated rings. The maximum absolute atomic E-state index is 13.3. The monoisotopic (exact) mass is 433 g/mol. The summed E-state index contributed by atoms with van der Waals surface area (Å²) in [6, 6.07) is 6.28. The van der Waals surface area contributed by atoms with Gasteiger partial charge in [0, 0.05) is 30.4 Å². The van der Waals surface area contributed by atoms with Gasteiger partial charge in [0.25, 0.3) is 0 Å². The van der Waals surface area contributed by atoms with Gasteiger partial charge in [0.2, 0.25) is 5.91 Å². The van der Waals surface area contributed by atoms with Crippen molar-refractivity contribution < 1.29 is 9.63 Å². The summed E-state index contributed by atoms with van der Waals surface area (Å²) in [4.78, 5) is 23.5. The topological polar surface area (TPSA) is 72.6 Å². The van der Waals surface area contributed by atoms with E-state index in [1.807, 2.05) is 26.1 Å². The van der Waals surface area contributed by atoms with Crippen LogP contribution < -0.4 is 0 Å². The molecule has 3 aromatic heterocycles. The summed E-state index contributed by atoms with van der Waals surface area (Å²) in [7, 11) is 0. The zero-order valence-electron chi connectivity index (χ0n) is 19.1. The van der Waals surface area contributed by atoms with Gasteiger partial charge in [0.1, 0.15) is 5.82 Å². The van der Waals surface area contributed by atoms with Gasteiger partial charge in [-0.2, -0.15) is 0 Å². The molecule has 3 aromatic rings. The van der Waals surface area contributed by atoms with E-state index in [0.29, 0.717) is 12.5 Å². The van der Waals surface area contributed by atoms with Crippen molar-refractivity contribution in [3.63, 3.8) is 0 Å². The molecule has 1 saturated heterocycles. The second-order valence-corrected chi connectivity index (χ2v) is 9.43. The highest BCUT2D eigenvalue weighted by Gasteiger charge is 2.37. The Morgan fingerprint density at radius 3 is 2.66 bits per heavy atom. The number of nitrogens with zero attached hydrogens (tertiary/aromatic N) is 5. The third-order valence-corrected chi connectivity index (χ3v) is 7.08. The Morgan fingerprint density at radius 2 is 1.91 bits per heavy atom. The molecule has 0 N–H and O–H groups in total. The number of aryl methyl sites for hydroxylation is 3. The SMILES string of the molecule is Cc1ccc([C@@H]2CCON2C(=O)C2CCC(Cc3cc(C)c4nnc(C)n4c3)CC2)cn1. The van der Waals surface area contributed by atoms with Gasteiger partial charge >= 0.3 is 0 Å². The van der Waals surface area contributed by atoms with E-state index in [0.717, 1.165) is 66.8 Å². The first-order valence-electron chi connectivity index (χ1n) is 11.7. The average Bonchev–Trinajstić information content (AvgIpc) is 3.42. The first-order valence-corrected chi connectivity index (χ1v) is 11.7. The van der Waals surface area contributed by atoms with E-state index >= 15 is 0 Å². The van der Waals surface area contributed by atoms with E-state index < -0.39 is 0 Å². The molecule has 1 aliphatic heterocycles. The number of hydroxylamine groups is 2. The molecular weight excluding hydrogens is 402 g/mol. The number of rotatable bonds is 4. The average molecular weight is 434 g/mol. The standard InChI is InChI=1S/C25H31N5O2/c1-16-12-20(15-29-18(3)27-28-24(16)29)13-19-5-8-21(9-6-19)25(31)30-23(10-11-32-30)22-7-4-17(2)26-14-22/h4,7,12,14-15,19,21,23H,5-6,8-11,13H2,1-3H3/t19?,21?,23-/m0/s1. The fourth-order valence-electron chi connectivity index (χ4n) is 5.24. The van der Waals surface area contributed by atoms with E-state index in [-0.39, 0.29) is 17.9 Å². The first kappa shape index (κ1) is 21.1. The quantitative estimate of drug-likeness (QED) is 0.613. The summed E-state index contributed by atoms with van der Waals surface area (Å²) in [5.41, 5.74) is 5.46. The largest absolute Gasteiger partial charge is 0.286 e. The molecule has 0 aromatic carbocycles. The van der Waals surface area contributed by atoms with Crippen LogP contribution in [0.4, 0.5) is 0 Å². The molecule has 168 valence electrons. The normalized spacial score (nSPS) is 23.7. The number of pyridine rings is 2. The Labute approximate surface area is 188 Å². The zero-order chi connectivity index (χ0) is 22.2. The maximum atomic E-state index is 13.3. The van der Waals surface area contributed by atoms with Gasteiger partial charge in [-0.1, -0.05) is 12.1 Å². The molecule has 1 atom stereocenters. The lowest BCUT2D eigenvalue weighted by molar-refractivity contribution is -0.183. The van der Waals surface area contributed by atoms with Gasteiger partial charge < -0.3 is 0 Å². The molecule has 32 heavy (non-hydrogen) atoms. The number of hydrogen-bond acceptors (Lipinski definition) is 5. The molecule has 0 unspecified atom stereocenters. The van der Waals surface area contributed by atoms with Crippen molar-refractivity contribution in [1.82, 2.24) is 24.6 Å². The van der Waals surface area contributed by atoms with Crippen LogP contribution in [0.25, 0.3) is 5.65 Å². The van der Waals surface area contributed by atoms with Crippen molar-refractivity contribution in [2.24, 2.45) is 11.8 Å². The van der Waals surface area contributed by atoms with Gasteiger partial charge in [-0.3, -0.25) is 19.0 Å². The van der Waals surface area contributed by atoms with Crippen molar-refractivity contribution in [2.75, 3.05) is 6.61 Å². The van der Waals surface area contributed by atoms with Crippen molar-refractivity contribution in [3.8, 4) is 0 Å². The third kappa shape index (κ3) is 4.01. The first-order chi connectivity index (χ1) is 15.5. The van der Waals surface area contributed by atoms with E-state index in [4.69, 9.17) is 4.84 Å². The van der Waals surface area contributed by atoms with Gasteiger partial charge in [-0.05, 0) is 81.5 Å². The minimum absolute atomic E-state index is 0.0185. The van der Waals surface area contributed by atoms with Crippen LogP contribution >= 0.6 is 0 Å². The highest BCUT2D eigenvalue weighted by molar-refractivity contribution is 5.78.